The Kier molecular flexibility index (Phi) is 2.88. The monoisotopic (exact) mass is 346 g/mol. The van der Waals surface area contributed by atoms with Crippen molar-refractivity contribution in [3.05, 3.63) is 23.0 Å². The summed E-state index contributed by atoms with van der Waals surface area (Å²) in [6.07, 6.45) is 3.80. The van der Waals surface area contributed by atoms with Gasteiger partial charge in [0.15, 0.2) is 10.7 Å². The molecule has 0 unspecified atom stereocenters. The fraction of sp³-hybridized carbons (Fsp3) is 0.562. The van der Waals surface area contributed by atoms with E-state index in [0.29, 0.717) is 31.7 Å². The number of thiazole rings is 1. The zero-order valence-electron chi connectivity index (χ0n) is 13.4. The van der Waals surface area contributed by atoms with Gasteiger partial charge in [-0.05, 0) is 13.3 Å². The van der Waals surface area contributed by atoms with Crippen LogP contribution in [0.1, 0.15) is 35.4 Å². The molecular weight excluding hydrogens is 328 g/mol. The summed E-state index contributed by atoms with van der Waals surface area (Å²) in [6, 6.07) is -0.193. The lowest BCUT2D eigenvalue weighted by atomic mass is 10.0. The van der Waals surface area contributed by atoms with Gasteiger partial charge in [-0.2, -0.15) is 0 Å². The van der Waals surface area contributed by atoms with Gasteiger partial charge in [-0.3, -0.25) is 14.0 Å². The van der Waals surface area contributed by atoms with Crippen LogP contribution in [0.15, 0.2) is 11.6 Å². The van der Waals surface area contributed by atoms with E-state index in [0.717, 1.165) is 23.6 Å². The molecule has 2 amide bonds. The fourth-order valence-corrected chi connectivity index (χ4v) is 5.24. The van der Waals surface area contributed by atoms with Crippen LogP contribution in [0, 0.1) is 6.92 Å². The Morgan fingerprint density at radius 3 is 3.21 bits per heavy atom. The van der Waals surface area contributed by atoms with Gasteiger partial charge in [-0.1, -0.05) is 0 Å². The van der Waals surface area contributed by atoms with Gasteiger partial charge in [0.1, 0.15) is 5.69 Å². The number of amides is 2. The van der Waals surface area contributed by atoms with E-state index >= 15 is 0 Å². The highest BCUT2D eigenvalue weighted by molar-refractivity contribution is 7.15. The smallest absolute Gasteiger partial charge is 0.273 e. The lowest BCUT2D eigenvalue weighted by Gasteiger charge is -2.42. The Labute approximate surface area is 142 Å². The molecule has 0 N–H and O–H groups in total. The van der Waals surface area contributed by atoms with Crippen molar-refractivity contribution in [3.8, 4) is 0 Å². The molecule has 2 atom stereocenters. The van der Waals surface area contributed by atoms with Crippen LogP contribution in [0.2, 0.25) is 0 Å². The van der Waals surface area contributed by atoms with Crippen molar-refractivity contribution >= 4 is 28.1 Å². The number of nitrogens with zero attached hydrogens (tertiary/aromatic N) is 4. The second-order valence-corrected chi connectivity index (χ2v) is 7.54. The molecule has 0 bridgehead atoms. The molecule has 126 valence electrons. The molecule has 7 nitrogen and oxygen atoms in total. The van der Waals surface area contributed by atoms with E-state index in [1.54, 1.807) is 0 Å². The van der Waals surface area contributed by atoms with Crippen LogP contribution in [0.5, 0.6) is 0 Å². The maximum atomic E-state index is 13.2. The van der Waals surface area contributed by atoms with Gasteiger partial charge in [0.05, 0.1) is 24.8 Å². The molecule has 0 saturated carbocycles. The molecule has 3 aliphatic heterocycles. The molecule has 3 fully saturated rings. The average Bonchev–Trinajstić information content (AvgIpc) is 3.26. The number of likely N-dealkylation sites (tertiary alicyclic amines) is 1. The zero-order chi connectivity index (χ0) is 16.5. The maximum absolute atomic E-state index is 13.2. The van der Waals surface area contributed by atoms with Crippen LogP contribution in [0.4, 0.5) is 0 Å². The quantitative estimate of drug-likeness (QED) is 0.780. The maximum Gasteiger partial charge on any atom is 0.273 e. The van der Waals surface area contributed by atoms with Crippen molar-refractivity contribution in [2.24, 2.45) is 0 Å². The van der Waals surface area contributed by atoms with Gasteiger partial charge in [0.25, 0.3) is 5.91 Å². The first kappa shape index (κ1) is 14.4. The van der Waals surface area contributed by atoms with Crippen LogP contribution in [0.3, 0.4) is 0 Å². The topological polar surface area (TPSA) is 67.2 Å². The number of imidazole rings is 1. The number of carbonyl (C=O) groups is 2. The Hall–Kier alpha value is -1.93. The first-order chi connectivity index (χ1) is 11.6. The Morgan fingerprint density at radius 2 is 2.33 bits per heavy atom. The second kappa shape index (κ2) is 4.80. The first-order valence-electron chi connectivity index (χ1n) is 8.29. The van der Waals surface area contributed by atoms with Crippen molar-refractivity contribution < 1.29 is 14.3 Å². The van der Waals surface area contributed by atoms with E-state index in [4.69, 9.17) is 4.74 Å². The summed E-state index contributed by atoms with van der Waals surface area (Å²) in [5, 5.41) is 1.93. The predicted molar refractivity (Wildman–Crippen MR) is 86.9 cm³/mol. The van der Waals surface area contributed by atoms with E-state index in [9.17, 15) is 9.59 Å². The molecular formula is C16H18N4O3S. The first-order valence-corrected chi connectivity index (χ1v) is 9.17. The number of aromatic nitrogens is 2. The third-order valence-electron chi connectivity index (χ3n) is 5.51. The van der Waals surface area contributed by atoms with Crippen LogP contribution in [-0.4, -0.2) is 62.5 Å². The van der Waals surface area contributed by atoms with Crippen molar-refractivity contribution in [1.82, 2.24) is 19.2 Å². The predicted octanol–water partition coefficient (Wildman–Crippen LogP) is 1.27. The molecule has 3 saturated heterocycles. The molecule has 24 heavy (non-hydrogen) atoms. The van der Waals surface area contributed by atoms with E-state index in [1.807, 2.05) is 32.7 Å². The number of hydrogen-bond acceptors (Lipinski definition) is 5. The second-order valence-electron chi connectivity index (χ2n) is 6.66. The molecule has 1 spiro atoms. The van der Waals surface area contributed by atoms with Gasteiger partial charge in [-0.15, -0.1) is 11.3 Å². The summed E-state index contributed by atoms with van der Waals surface area (Å²) < 4.78 is 7.93. The number of fused-ring (bicyclic) bond motifs is 1. The minimum atomic E-state index is -0.600. The third-order valence-corrected chi connectivity index (χ3v) is 6.27. The van der Waals surface area contributed by atoms with Crippen molar-refractivity contribution in [3.63, 3.8) is 0 Å². The highest BCUT2D eigenvalue weighted by Crippen LogP contribution is 2.45. The van der Waals surface area contributed by atoms with Gasteiger partial charge >= 0.3 is 0 Å². The Morgan fingerprint density at radius 1 is 1.46 bits per heavy atom. The lowest BCUT2D eigenvalue weighted by molar-refractivity contribution is -0.179. The molecule has 0 radical (unpaired) electrons. The van der Waals surface area contributed by atoms with Gasteiger partial charge in [0.2, 0.25) is 5.91 Å². The van der Waals surface area contributed by atoms with E-state index in [2.05, 4.69) is 4.98 Å². The average molecular weight is 346 g/mol. The number of carbonyl (C=O) groups excluding carboxylic acids is 2. The van der Waals surface area contributed by atoms with Crippen LogP contribution < -0.4 is 0 Å². The molecule has 5 heterocycles. The van der Waals surface area contributed by atoms with Crippen molar-refractivity contribution in [1.29, 1.82) is 0 Å². The molecule has 2 aromatic heterocycles. The van der Waals surface area contributed by atoms with Gasteiger partial charge < -0.3 is 14.5 Å². The highest BCUT2D eigenvalue weighted by atomic mass is 32.1. The van der Waals surface area contributed by atoms with Crippen LogP contribution >= 0.6 is 11.3 Å². The van der Waals surface area contributed by atoms with Crippen molar-refractivity contribution in [2.75, 3.05) is 19.7 Å². The minimum Gasteiger partial charge on any atom is -0.353 e. The standard InChI is InChI=1S/C16H18N4O3S/c1-10-13(19-6-8-24-15(19)17-10)14(22)18-5-3-16-11(18)9-12(21)20(16)4-2-7-23-16/h6,8,11H,2-5,7,9H2,1H3/t11-,16+/m1/s1. The third kappa shape index (κ3) is 1.67. The van der Waals surface area contributed by atoms with E-state index in [1.165, 1.54) is 11.3 Å². The van der Waals surface area contributed by atoms with Crippen LogP contribution in [-0.2, 0) is 9.53 Å². The fourth-order valence-electron chi connectivity index (χ4n) is 4.48. The molecule has 8 heteroatoms. The lowest BCUT2D eigenvalue weighted by Crippen LogP contribution is -2.56. The van der Waals surface area contributed by atoms with E-state index < -0.39 is 5.72 Å². The highest BCUT2D eigenvalue weighted by Gasteiger charge is 2.61. The summed E-state index contributed by atoms with van der Waals surface area (Å²) in [7, 11) is 0. The molecule has 0 aliphatic carbocycles. The number of aryl methyl sites for hydroxylation is 1. The van der Waals surface area contributed by atoms with Gasteiger partial charge in [0, 0.05) is 31.1 Å². The van der Waals surface area contributed by atoms with Crippen molar-refractivity contribution in [2.45, 2.75) is 38.0 Å². The van der Waals surface area contributed by atoms with Crippen LogP contribution in [0.25, 0.3) is 4.96 Å². The zero-order valence-corrected chi connectivity index (χ0v) is 14.2. The number of hydrogen-bond donors (Lipinski definition) is 0. The molecule has 3 aliphatic rings. The molecule has 5 rings (SSSR count). The van der Waals surface area contributed by atoms with Gasteiger partial charge in [-0.25, -0.2) is 4.98 Å². The number of rotatable bonds is 1. The summed E-state index contributed by atoms with van der Waals surface area (Å²) in [4.78, 5) is 34.6. The minimum absolute atomic E-state index is 0.0518. The summed E-state index contributed by atoms with van der Waals surface area (Å²) in [6.45, 7) is 3.87. The molecule has 0 aromatic carbocycles. The van der Waals surface area contributed by atoms with E-state index in [-0.39, 0.29) is 17.9 Å². The molecule has 2 aromatic rings. The Balaban J connectivity index is 1.54. The SMILES string of the molecule is Cc1nc2sccn2c1C(=O)N1CC[C@@]23OCCCN2C(=O)C[C@@H]13. The summed E-state index contributed by atoms with van der Waals surface area (Å²) in [5.41, 5.74) is 0.737. The summed E-state index contributed by atoms with van der Waals surface area (Å²) in [5.74, 6) is 0.0481. The number of ether oxygens (including phenoxy) is 1. The summed E-state index contributed by atoms with van der Waals surface area (Å²) >= 11 is 1.51. The largest absolute Gasteiger partial charge is 0.353 e. The normalized spacial score (nSPS) is 29.4. The Bertz CT molecular complexity index is 859.